The Bertz CT molecular complexity index is 2050. The number of carboxylic acid groups (broad SMARTS) is 2. The number of nitrogens with zero attached hydrogens (tertiary/aromatic N) is 2. The van der Waals surface area contributed by atoms with E-state index in [0.717, 1.165) is 30.3 Å². The van der Waals surface area contributed by atoms with Gasteiger partial charge in [0.15, 0.2) is 11.7 Å². The normalized spacial score (nSPS) is 11.2. The molecule has 16 heteroatoms. The van der Waals surface area contributed by atoms with Gasteiger partial charge in [0, 0.05) is 18.2 Å². The third kappa shape index (κ3) is 7.52. The average Bonchev–Trinajstić information content (AvgIpc) is 3.09. The highest BCUT2D eigenvalue weighted by molar-refractivity contribution is 6.06. The molecule has 0 amide bonds. The third-order valence-corrected chi connectivity index (χ3v) is 7.05. The molecule has 0 saturated carbocycles. The van der Waals surface area contributed by atoms with Crippen LogP contribution in [0.2, 0.25) is 0 Å². The Hall–Kier alpha value is -7.17. The molecular weight excluding hydrogens is 660 g/mol. The molecule has 1 unspecified atom stereocenters. The number of esters is 1. The molecule has 3 N–H and O–H groups in total. The summed E-state index contributed by atoms with van der Waals surface area (Å²) in [6.07, 6.45) is -1.50. The predicted molar refractivity (Wildman–Crippen MR) is 170 cm³/mol. The summed E-state index contributed by atoms with van der Waals surface area (Å²) in [5.74, 6) is -2.97. The first-order valence-corrected chi connectivity index (χ1v) is 14.2. The first kappa shape index (κ1) is 34.2. The SMILES string of the molecule is O=C(O)c1cccc([N+](=O)[O-])c1C(=O)Oc1ccc(Oc2cccc(Oc3ccc(C(OO)c4c(C(=O)O)cccc4[N+](=O)[O-])cc3)c2)cc1. The Morgan fingerprint density at radius 1 is 0.600 bits per heavy atom. The molecule has 50 heavy (non-hydrogen) atoms. The largest absolute Gasteiger partial charge is 0.478 e. The van der Waals surface area contributed by atoms with Crippen LogP contribution in [-0.2, 0) is 4.89 Å². The van der Waals surface area contributed by atoms with Crippen LogP contribution in [0.1, 0.15) is 48.3 Å². The number of carbonyl (C=O) groups excluding carboxylic acids is 1. The molecule has 5 aromatic rings. The molecule has 0 aliphatic carbocycles. The number of carboxylic acids is 2. The highest BCUT2D eigenvalue weighted by Crippen LogP contribution is 2.37. The number of benzene rings is 5. The van der Waals surface area contributed by atoms with Crippen LogP contribution in [0.3, 0.4) is 0 Å². The molecule has 0 spiro atoms. The number of carbonyl (C=O) groups is 3. The summed E-state index contributed by atoms with van der Waals surface area (Å²) in [5.41, 5.74) is -3.12. The van der Waals surface area contributed by atoms with Crippen molar-refractivity contribution in [2.75, 3.05) is 0 Å². The Balaban J connectivity index is 1.27. The second kappa shape index (κ2) is 14.7. The smallest absolute Gasteiger partial charge is 0.351 e. The zero-order valence-corrected chi connectivity index (χ0v) is 25.2. The zero-order chi connectivity index (χ0) is 35.9. The third-order valence-electron chi connectivity index (χ3n) is 7.05. The van der Waals surface area contributed by atoms with Gasteiger partial charge in [-0.05, 0) is 66.2 Å². The molecule has 1 atom stereocenters. The van der Waals surface area contributed by atoms with Crippen LogP contribution < -0.4 is 14.2 Å². The number of hydrogen-bond acceptors (Lipinski definition) is 12. The Labute approximate surface area is 280 Å². The second-order valence-electron chi connectivity index (χ2n) is 10.2. The maximum atomic E-state index is 12.7. The minimum absolute atomic E-state index is 0.0349. The van der Waals surface area contributed by atoms with Gasteiger partial charge in [-0.3, -0.25) is 25.5 Å². The van der Waals surface area contributed by atoms with Crippen LogP contribution in [0.25, 0.3) is 0 Å². The first-order valence-electron chi connectivity index (χ1n) is 14.2. The van der Waals surface area contributed by atoms with Crippen molar-refractivity contribution in [3.63, 3.8) is 0 Å². The van der Waals surface area contributed by atoms with Crippen LogP contribution in [0.4, 0.5) is 11.4 Å². The number of aromatic carboxylic acids is 2. The lowest BCUT2D eigenvalue weighted by atomic mass is 9.95. The number of hydrogen-bond donors (Lipinski definition) is 3. The number of nitro benzene ring substituents is 2. The molecule has 0 heterocycles. The van der Waals surface area contributed by atoms with Crippen molar-refractivity contribution in [1.29, 1.82) is 0 Å². The molecule has 0 fully saturated rings. The molecule has 16 nitrogen and oxygen atoms in total. The Morgan fingerprint density at radius 2 is 1.08 bits per heavy atom. The van der Waals surface area contributed by atoms with Crippen molar-refractivity contribution in [2.24, 2.45) is 0 Å². The van der Waals surface area contributed by atoms with Crippen molar-refractivity contribution < 1.29 is 58.8 Å². The summed E-state index contributed by atoms with van der Waals surface area (Å²) in [6.45, 7) is 0. The zero-order valence-electron chi connectivity index (χ0n) is 25.2. The number of rotatable bonds is 13. The topological polar surface area (TPSA) is 235 Å². The molecule has 0 aliphatic rings. The van der Waals surface area contributed by atoms with Crippen molar-refractivity contribution in [3.8, 4) is 28.7 Å². The van der Waals surface area contributed by atoms with Gasteiger partial charge >= 0.3 is 17.9 Å². The van der Waals surface area contributed by atoms with E-state index in [2.05, 4.69) is 4.89 Å². The van der Waals surface area contributed by atoms with Crippen LogP contribution >= 0.6 is 0 Å². The van der Waals surface area contributed by atoms with Gasteiger partial charge in [0.1, 0.15) is 28.7 Å². The van der Waals surface area contributed by atoms with Gasteiger partial charge in [0.05, 0.1) is 26.5 Å². The summed E-state index contributed by atoms with van der Waals surface area (Å²) in [5, 5.41) is 51.6. The van der Waals surface area contributed by atoms with Gasteiger partial charge in [-0.2, -0.15) is 0 Å². The van der Waals surface area contributed by atoms with Gasteiger partial charge in [0.2, 0.25) is 0 Å². The Morgan fingerprint density at radius 3 is 1.60 bits per heavy atom. The lowest BCUT2D eigenvalue weighted by Crippen LogP contribution is -2.16. The summed E-state index contributed by atoms with van der Waals surface area (Å²) in [4.78, 5) is 61.9. The maximum Gasteiger partial charge on any atom is 0.351 e. The van der Waals surface area contributed by atoms with Gasteiger partial charge in [0.25, 0.3) is 11.4 Å². The molecule has 0 radical (unpaired) electrons. The molecule has 0 saturated heterocycles. The predicted octanol–water partition coefficient (Wildman–Crippen LogP) is 7.28. The van der Waals surface area contributed by atoms with Crippen LogP contribution in [-0.4, -0.2) is 43.2 Å². The van der Waals surface area contributed by atoms with E-state index in [1.54, 1.807) is 24.3 Å². The molecule has 5 aromatic carbocycles. The number of nitro groups is 2. The Kier molecular flexibility index (Phi) is 10.1. The summed E-state index contributed by atoms with van der Waals surface area (Å²) in [6, 6.07) is 24.5. The van der Waals surface area contributed by atoms with Gasteiger partial charge in [-0.25, -0.2) is 19.3 Å². The standard InChI is InChI=1S/C34H22N2O14/c37-32(38)25-6-2-8-27(35(42)43)29(25)31(50-46)19-10-12-20(13-11-19)47-23-4-1-5-24(18-23)48-21-14-16-22(17-15-21)49-34(41)30-26(33(39)40)7-3-9-28(30)36(44)45/h1-18,31,46H,(H,37,38)(H,39,40). The highest BCUT2D eigenvalue weighted by Gasteiger charge is 2.31. The summed E-state index contributed by atoms with van der Waals surface area (Å²) < 4.78 is 16.9. The minimum Gasteiger partial charge on any atom is -0.478 e. The molecule has 252 valence electrons. The maximum absolute atomic E-state index is 12.7. The van der Waals surface area contributed by atoms with E-state index in [1.165, 1.54) is 54.6 Å². The van der Waals surface area contributed by atoms with Crippen LogP contribution in [0.5, 0.6) is 28.7 Å². The van der Waals surface area contributed by atoms with Crippen LogP contribution in [0, 0.1) is 20.2 Å². The van der Waals surface area contributed by atoms with E-state index < -0.39 is 61.9 Å². The lowest BCUT2D eigenvalue weighted by molar-refractivity contribution is -0.387. The monoisotopic (exact) mass is 682 g/mol. The van der Waals surface area contributed by atoms with Crippen molar-refractivity contribution in [3.05, 3.63) is 157 Å². The minimum atomic E-state index is -1.54. The molecule has 5 rings (SSSR count). The van der Waals surface area contributed by atoms with E-state index in [0.29, 0.717) is 23.0 Å². The van der Waals surface area contributed by atoms with E-state index >= 15 is 0 Å². The van der Waals surface area contributed by atoms with E-state index in [4.69, 9.17) is 14.2 Å². The molecular formula is C34H22N2O14. The fourth-order valence-corrected chi connectivity index (χ4v) is 4.86. The van der Waals surface area contributed by atoms with Crippen LogP contribution in [0.15, 0.2) is 109 Å². The average molecular weight is 683 g/mol. The fraction of sp³-hybridized carbons (Fsp3) is 0.0294. The fourth-order valence-electron chi connectivity index (χ4n) is 4.86. The van der Waals surface area contributed by atoms with E-state index in [9.17, 15) is 50.1 Å². The van der Waals surface area contributed by atoms with Gasteiger partial charge < -0.3 is 24.4 Å². The molecule has 0 aromatic heterocycles. The quantitative estimate of drug-likeness (QED) is 0.0364. The second-order valence-corrected chi connectivity index (χ2v) is 10.2. The van der Waals surface area contributed by atoms with E-state index in [1.807, 2.05) is 0 Å². The van der Waals surface area contributed by atoms with E-state index in [-0.39, 0.29) is 16.9 Å². The molecule has 0 bridgehead atoms. The lowest BCUT2D eigenvalue weighted by Gasteiger charge is -2.17. The van der Waals surface area contributed by atoms with Crippen molar-refractivity contribution in [1.82, 2.24) is 0 Å². The summed E-state index contributed by atoms with van der Waals surface area (Å²) >= 11 is 0. The molecule has 0 aliphatic heterocycles. The van der Waals surface area contributed by atoms with Gasteiger partial charge in [-0.1, -0.05) is 30.3 Å². The highest BCUT2D eigenvalue weighted by atomic mass is 17.1. The number of ether oxygens (including phenoxy) is 3. The first-order chi connectivity index (χ1) is 24.0. The summed E-state index contributed by atoms with van der Waals surface area (Å²) in [7, 11) is 0. The van der Waals surface area contributed by atoms with Crippen molar-refractivity contribution in [2.45, 2.75) is 6.10 Å². The van der Waals surface area contributed by atoms with Gasteiger partial charge in [-0.15, -0.1) is 0 Å². The van der Waals surface area contributed by atoms with Crippen molar-refractivity contribution >= 4 is 29.3 Å².